The Labute approximate surface area is 133 Å². The lowest BCUT2D eigenvalue weighted by atomic mass is 10.1. The maximum absolute atomic E-state index is 12.4. The highest BCUT2D eigenvalue weighted by molar-refractivity contribution is 6.08. The number of H-pyrrole nitrogens is 1. The predicted octanol–water partition coefficient (Wildman–Crippen LogP) is 1.14. The fourth-order valence-corrected chi connectivity index (χ4v) is 2.56. The molecule has 1 aliphatic rings. The van der Waals surface area contributed by atoms with Crippen LogP contribution in [0, 0.1) is 0 Å². The van der Waals surface area contributed by atoms with Crippen molar-refractivity contribution in [2.24, 2.45) is 0 Å². The minimum atomic E-state index is -0.275. The molecule has 120 valence electrons. The molecular weight excluding hydrogens is 294 g/mol. The van der Waals surface area contributed by atoms with Gasteiger partial charge < -0.3 is 16.0 Å². The molecule has 2 aromatic rings. The number of amides is 2. The molecule has 1 fully saturated rings. The Balaban J connectivity index is 1.67. The van der Waals surface area contributed by atoms with Crippen molar-refractivity contribution in [3.8, 4) is 0 Å². The van der Waals surface area contributed by atoms with Crippen LogP contribution in [0.4, 0.5) is 5.69 Å². The first-order valence-electron chi connectivity index (χ1n) is 7.65. The van der Waals surface area contributed by atoms with Gasteiger partial charge in [-0.15, -0.1) is 0 Å². The van der Waals surface area contributed by atoms with Gasteiger partial charge in [0.2, 0.25) is 0 Å². The van der Waals surface area contributed by atoms with Crippen LogP contribution in [-0.4, -0.2) is 41.1 Å². The monoisotopic (exact) mass is 313 g/mol. The van der Waals surface area contributed by atoms with E-state index in [1.165, 1.54) is 6.20 Å². The van der Waals surface area contributed by atoms with Crippen LogP contribution in [0.2, 0.25) is 0 Å². The Kier molecular flexibility index (Phi) is 4.68. The van der Waals surface area contributed by atoms with Crippen molar-refractivity contribution in [1.29, 1.82) is 0 Å². The number of aromatic nitrogens is 2. The molecule has 23 heavy (non-hydrogen) atoms. The van der Waals surface area contributed by atoms with E-state index in [1.807, 2.05) is 6.07 Å². The van der Waals surface area contributed by atoms with E-state index in [4.69, 9.17) is 0 Å². The van der Waals surface area contributed by atoms with Gasteiger partial charge in [-0.1, -0.05) is 18.2 Å². The summed E-state index contributed by atoms with van der Waals surface area (Å²) in [5.41, 5.74) is 1.18. The first kappa shape index (κ1) is 15.2. The first-order valence-corrected chi connectivity index (χ1v) is 7.65. The lowest BCUT2D eigenvalue weighted by Crippen LogP contribution is -2.43. The molecule has 0 radical (unpaired) electrons. The molecule has 3 rings (SSSR count). The molecule has 0 atom stereocenters. The Morgan fingerprint density at radius 2 is 1.83 bits per heavy atom. The third-order valence-corrected chi connectivity index (χ3v) is 3.82. The van der Waals surface area contributed by atoms with Crippen molar-refractivity contribution in [3.05, 3.63) is 47.8 Å². The van der Waals surface area contributed by atoms with Gasteiger partial charge in [0.25, 0.3) is 11.8 Å². The largest absolute Gasteiger partial charge is 0.348 e. The second-order valence-electron chi connectivity index (χ2n) is 5.48. The Morgan fingerprint density at radius 3 is 2.57 bits per heavy atom. The third kappa shape index (κ3) is 3.75. The van der Waals surface area contributed by atoms with E-state index in [9.17, 15) is 9.59 Å². The molecule has 1 aliphatic heterocycles. The summed E-state index contributed by atoms with van der Waals surface area (Å²) in [5.74, 6) is -0.527. The molecule has 0 unspecified atom stereocenters. The highest BCUT2D eigenvalue weighted by Gasteiger charge is 2.20. The van der Waals surface area contributed by atoms with Crippen LogP contribution in [0.25, 0.3) is 0 Å². The highest BCUT2D eigenvalue weighted by atomic mass is 16.2. The second-order valence-corrected chi connectivity index (χ2v) is 5.48. The molecule has 2 heterocycles. The highest BCUT2D eigenvalue weighted by Crippen LogP contribution is 2.14. The predicted molar refractivity (Wildman–Crippen MR) is 86.3 cm³/mol. The standard InChI is InChI=1S/C16H19N5O2/c22-15(11-4-2-1-3-5-11)20-13-10-18-21-14(13)16(23)19-12-6-8-17-9-7-12/h1-5,10,12,17H,6-9H2,(H,18,21)(H,19,23)(H,20,22). The molecule has 0 bridgehead atoms. The summed E-state index contributed by atoms with van der Waals surface area (Å²) in [6, 6.07) is 8.98. The van der Waals surface area contributed by atoms with E-state index in [0.717, 1.165) is 25.9 Å². The van der Waals surface area contributed by atoms with E-state index >= 15 is 0 Å². The number of carbonyl (C=O) groups excluding carboxylic acids is 2. The minimum Gasteiger partial charge on any atom is -0.348 e. The summed E-state index contributed by atoms with van der Waals surface area (Å²) in [5, 5.41) is 15.5. The number of rotatable bonds is 4. The number of hydrogen-bond donors (Lipinski definition) is 4. The summed E-state index contributed by atoms with van der Waals surface area (Å²) >= 11 is 0. The van der Waals surface area contributed by atoms with Gasteiger partial charge in [-0.3, -0.25) is 14.7 Å². The number of nitrogens with one attached hydrogen (secondary N) is 4. The number of benzene rings is 1. The number of aromatic amines is 1. The lowest BCUT2D eigenvalue weighted by Gasteiger charge is -2.23. The maximum Gasteiger partial charge on any atom is 0.271 e. The van der Waals surface area contributed by atoms with Gasteiger partial charge in [0.1, 0.15) is 5.69 Å². The van der Waals surface area contributed by atoms with Crippen molar-refractivity contribution >= 4 is 17.5 Å². The number of anilines is 1. The molecule has 1 saturated heterocycles. The molecule has 7 heteroatoms. The van der Waals surface area contributed by atoms with Crippen LogP contribution >= 0.6 is 0 Å². The zero-order valence-electron chi connectivity index (χ0n) is 12.6. The summed E-state index contributed by atoms with van der Waals surface area (Å²) in [7, 11) is 0. The van der Waals surface area contributed by atoms with E-state index < -0.39 is 0 Å². The normalized spacial score (nSPS) is 15.1. The zero-order chi connectivity index (χ0) is 16.1. The summed E-state index contributed by atoms with van der Waals surface area (Å²) < 4.78 is 0. The number of hydrogen-bond acceptors (Lipinski definition) is 4. The minimum absolute atomic E-state index is 0.143. The van der Waals surface area contributed by atoms with Crippen molar-refractivity contribution in [2.45, 2.75) is 18.9 Å². The van der Waals surface area contributed by atoms with Crippen LogP contribution in [0.1, 0.15) is 33.7 Å². The molecule has 0 saturated carbocycles. The van der Waals surface area contributed by atoms with E-state index in [2.05, 4.69) is 26.1 Å². The molecular formula is C16H19N5O2. The van der Waals surface area contributed by atoms with Gasteiger partial charge in [0, 0.05) is 11.6 Å². The fraction of sp³-hybridized carbons (Fsp3) is 0.312. The lowest BCUT2D eigenvalue weighted by molar-refractivity contribution is 0.0925. The van der Waals surface area contributed by atoms with Gasteiger partial charge >= 0.3 is 0 Å². The maximum atomic E-state index is 12.4. The second kappa shape index (κ2) is 7.06. The topological polar surface area (TPSA) is 98.9 Å². The number of carbonyl (C=O) groups is 2. The van der Waals surface area contributed by atoms with Crippen LogP contribution in [-0.2, 0) is 0 Å². The Bertz CT molecular complexity index is 677. The smallest absolute Gasteiger partial charge is 0.271 e. The van der Waals surface area contributed by atoms with Crippen molar-refractivity contribution in [2.75, 3.05) is 18.4 Å². The molecule has 2 amide bonds. The van der Waals surface area contributed by atoms with Crippen LogP contribution in [0.5, 0.6) is 0 Å². The Hall–Kier alpha value is -2.67. The molecule has 4 N–H and O–H groups in total. The molecule has 0 spiro atoms. The summed E-state index contributed by atoms with van der Waals surface area (Å²) in [4.78, 5) is 24.5. The van der Waals surface area contributed by atoms with Crippen molar-refractivity contribution in [1.82, 2.24) is 20.8 Å². The van der Waals surface area contributed by atoms with Crippen molar-refractivity contribution in [3.63, 3.8) is 0 Å². The molecule has 0 aliphatic carbocycles. The van der Waals surface area contributed by atoms with Crippen LogP contribution in [0.15, 0.2) is 36.5 Å². The van der Waals surface area contributed by atoms with Gasteiger partial charge in [0.05, 0.1) is 11.9 Å². The van der Waals surface area contributed by atoms with E-state index in [0.29, 0.717) is 11.3 Å². The van der Waals surface area contributed by atoms with Crippen molar-refractivity contribution < 1.29 is 9.59 Å². The van der Waals surface area contributed by atoms with Crippen LogP contribution < -0.4 is 16.0 Å². The first-order chi connectivity index (χ1) is 11.2. The van der Waals surface area contributed by atoms with Gasteiger partial charge in [-0.05, 0) is 38.1 Å². The van der Waals surface area contributed by atoms with Crippen LogP contribution in [0.3, 0.4) is 0 Å². The number of nitrogens with zero attached hydrogens (tertiary/aromatic N) is 1. The molecule has 7 nitrogen and oxygen atoms in total. The van der Waals surface area contributed by atoms with Gasteiger partial charge in [0.15, 0.2) is 0 Å². The average Bonchev–Trinajstić information content (AvgIpc) is 3.05. The molecule has 1 aromatic heterocycles. The zero-order valence-corrected chi connectivity index (χ0v) is 12.6. The SMILES string of the molecule is O=C(Nc1cn[nH]c1C(=O)NC1CCNCC1)c1ccccc1. The average molecular weight is 313 g/mol. The van der Waals surface area contributed by atoms with Gasteiger partial charge in [-0.25, -0.2) is 0 Å². The Morgan fingerprint density at radius 1 is 1.09 bits per heavy atom. The quantitative estimate of drug-likeness (QED) is 0.680. The number of piperidine rings is 1. The van der Waals surface area contributed by atoms with E-state index in [1.54, 1.807) is 24.3 Å². The van der Waals surface area contributed by atoms with Gasteiger partial charge in [-0.2, -0.15) is 5.10 Å². The summed E-state index contributed by atoms with van der Waals surface area (Å²) in [6.07, 6.45) is 3.23. The third-order valence-electron chi connectivity index (χ3n) is 3.82. The van der Waals surface area contributed by atoms with E-state index in [-0.39, 0.29) is 23.6 Å². The molecule has 1 aromatic carbocycles. The summed E-state index contributed by atoms with van der Waals surface area (Å²) in [6.45, 7) is 1.79. The fourth-order valence-electron chi connectivity index (χ4n) is 2.56.